The second-order valence-corrected chi connectivity index (χ2v) is 6.49. The van der Waals surface area contributed by atoms with Crippen LogP contribution in [-0.2, 0) is 0 Å². The topological polar surface area (TPSA) is 4.41 Å². The molecule has 0 aliphatic carbocycles. The maximum absolute atomic E-state index is 2.43. The fourth-order valence-electron chi connectivity index (χ4n) is 3.81. The van der Waals surface area contributed by atoms with Gasteiger partial charge >= 0.3 is 0 Å². The minimum atomic E-state index is 0.538. The van der Waals surface area contributed by atoms with E-state index in [-0.39, 0.29) is 0 Å². The smallest absolute Gasteiger partial charge is 0.0620 e. The molecule has 1 heteroatoms. The van der Waals surface area contributed by atoms with Crippen LogP contribution in [0, 0.1) is 0 Å². The summed E-state index contributed by atoms with van der Waals surface area (Å²) in [6.07, 6.45) is 0. The quantitative estimate of drug-likeness (QED) is 0.357. The van der Waals surface area contributed by atoms with Crippen LogP contribution in [0.15, 0.2) is 60.7 Å². The van der Waals surface area contributed by atoms with Gasteiger partial charge in [-0.1, -0.05) is 50.2 Å². The van der Waals surface area contributed by atoms with Crippen molar-refractivity contribution in [1.82, 2.24) is 4.40 Å². The number of rotatable bonds is 1. The van der Waals surface area contributed by atoms with E-state index in [1.54, 1.807) is 0 Å². The van der Waals surface area contributed by atoms with Crippen LogP contribution in [0.25, 0.3) is 38.1 Å². The van der Waals surface area contributed by atoms with E-state index in [9.17, 15) is 0 Å². The van der Waals surface area contributed by atoms with E-state index in [0.717, 1.165) is 0 Å². The Morgan fingerprint density at radius 1 is 0.682 bits per heavy atom. The van der Waals surface area contributed by atoms with E-state index >= 15 is 0 Å². The summed E-state index contributed by atoms with van der Waals surface area (Å²) in [4.78, 5) is 0. The van der Waals surface area contributed by atoms with Crippen LogP contribution in [0.5, 0.6) is 0 Å². The molecule has 0 unspecified atom stereocenters. The van der Waals surface area contributed by atoms with Gasteiger partial charge in [-0.2, -0.15) is 0 Å². The summed E-state index contributed by atoms with van der Waals surface area (Å²) in [6, 6.07) is 22.3. The summed E-state index contributed by atoms with van der Waals surface area (Å²) in [7, 11) is 0. The van der Waals surface area contributed by atoms with Crippen LogP contribution in [-0.4, -0.2) is 4.40 Å². The molecule has 2 aromatic heterocycles. The standard InChI is InChI=1S/C21H17N/c1-13(2)14-11-17-15-7-3-5-9-19(15)22-20-10-6-4-8-16(20)18(12-14)21(17)22/h3-13H,1-2H3. The zero-order valence-corrected chi connectivity index (χ0v) is 12.8. The monoisotopic (exact) mass is 283 g/mol. The third kappa shape index (κ3) is 1.34. The van der Waals surface area contributed by atoms with Crippen LogP contribution in [0.1, 0.15) is 25.3 Å². The number of benzene rings is 3. The molecule has 3 aromatic carbocycles. The van der Waals surface area contributed by atoms with Gasteiger partial charge in [-0.25, -0.2) is 0 Å². The molecule has 2 heterocycles. The van der Waals surface area contributed by atoms with Crippen molar-refractivity contribution in [3.8, 4) is 0 Å². The first-order valence-electron chi connectivity index (χ1n) is 7.92. The summed E-state index contributed by atoms with van der Waals surface area (Å²) in [6.45, 7) is 4.54. The lowest BCUT2D eigenvalue weighted by atomic mass is 9.97. The molecule has 22 heavy (non-hydrogen) atoms. The Bertz CT molecular complexity index is 1060. The molecule has 1 nitrogen and oxygen atoms in total. The van der Waals surface area contributed by atoms with Gasteiger partial charge in [0.15, 0.2) is 0 Å². The lowest BCUT2D eigenvalue weighted by Crippen LogP contribution is -1.86. The van der Waals surface area contributed by atoms with E-state index in [0.29, 0.717) is 5.92 Å². The molecule has 0 saturated carbocycles. The number of aromatic nitrogens is 1. The molecule has 106 valence electrons. The predicted molar refractivity (Wildman–Crippen MR) is 95.2 cm³/mol. The first-order valence-corrected chi connectivity index (χ1v) is 7.92. The van der Waals surface area contributed by atoms with E-state index in [2.05, 4.69) is 78.9 Å². The van der Waals surface area contributed by atoms with E-state index in [1.165, 1.54) is 43.7 Å². The van der Waals surface area contributed by atoms with E-state index < -0.39 is 0 Å². The molecule has 0 radical (unpaired) electrons. The summed E-state index contributed by atoms with van der Waals surface area (Å²) < 4.78 is 2.43. The predicted octanol–water partition coefficient (Wildman–Crippen LogP) is 5.96. The molecule has 0 atom stereocenters. The van der Waals surface area contributed by atoms with Gasteiger partial charge in [-0.05, 0) is 35.7 Å². The Balaban J connectivity index is 2.19. The number of fused-ring (bicyclic) bond motifs is 6. The zero-order chi connectivity index (χ0) is 14.8. The molecule has 0 aliphatic heterocycles. The summed E-state index contributed by atoms with van der Waals surface area (Å²) >= 11 is 0. The first-order chi connectivity index (χ1) is 10.8. The SMILES string of the molecule is CC(C)c1cc2c3ccccc3n3c4ccccc4c(c1)c23. The highest BCUT2D eigenvalue weighted by Crippen LogP contribution is 2.40. The molecule has 0 amide bonds. The Kier molecular flexibility index (Phi) is 2.20. The fourth-order valence-corrected chi connectivity index (χ4v) is 3.81. The molecular weight excluding hydrogens is 266 g/mol. The van der Waals surface area contributed by atoms with Crippen molar-refractivity contribution >= 4 is 38.1 Å². The highest BCUT2D eigenvalue weighted by atomic mass is 14.9. The fraction of sp³-hybridized carbons (Fsp3) is 0.143. The molecular formula is C21H17N. The van der Waals surface area contributed by atoms with Gasteiger partial charge in [-0.3, -0.25) is 0 Å². The van der Waals surface area contributed by atoms with Crippen LogP contribution in [0.2, 0.25) is 0 Å². The molecule has 0 bridgehead atoms. The van der Waals surface area contributed by atoms with E-state index in [4.69, 9.17) is 0 Å². The van der Waals surface area contributed by atoms with Crippen molar-refractivity contribution < 1.29 is 0 Å². The van der Waals surface area contributed by atoms with Crippen molar-refractivity contribution in [3.05, 3.63) is 66.2 Å². The molecule has 0 aliphatic rings. The van der Waals surface area contributed by atoms with Crippen molar-refractivity contribution in [3.63, 3.8) is 0 Å². The van der Waals surface area contributed by atoms with Crippen LogP contribution in [0.4, 0.5) is 0 Å². The second-order valence-electron chi connectivity index (χ2n) is 6.49. The number of hydrogen-bond donors (Lipinski definition) is 0. The Hall–Kier alpha value is -2.54. The summed E-state index contributed by atoms with van der Waals surface area (Å²) in [5.74, 6) is 0.538. The largest absolute Gasteiger partial charge is 0.308 e. The number of hydrogen-bond acceptors (Lipinski definition) is 0. The maximum Gasteiger partial charge on any atom is 0.0620 e. The van der Waals surface area contributed by atoms with Crippen LogP contribution < -0.4 is 0 Å². The van der Waals surface area contributed by atoms with Crippen molar-refractivity contribution in [2.75, 3.05) is 0 Å². The molecule has 0 N–H and O–H groups in total. The van der Waals surface area contributed by atoms with Gasteiger partial charge in [0, 0.05) is 21.5 Å². The Labute approximate surface area is 129 Å². The average Bonchev–Trinajstić information content (AvgIpc) is 3.05. The first kappa shape index (κ1) is 12.0. The zero-order valence-electron chi connectivity index (χ0n) is 12.8. The van der Waals surface area contributed by atoms with Gasteiger partial charge in [0.05, 0.1) is 16.6 Å². The Morgan fingerprint density at radius 3 is 1.68 bits per heavy atom. The van der Waals surface area contributed by atoms with Crippen molar-refractivity contribution in [2.24, 2.45) is 0 Å². The number of nitrogens with zero attached hydrogens (tertiary/aromatic N) is 1. The third-order valence-electron chi connectivity index (χ3n) is 4.89. The molecule has 5 aromatic rings. The van der Waals surface area contributed by atoms with Crippen molar-refractivity contribution in [2.45, 2.75) is 19.8 Å². The van der Waals surface area contributed by atoms with Gasteiger partial charge in [0.2, 0.25) is 0 Å². The van der Waals surface area contributed by atoms with Gasteiger partial charge < -0.3 is 4.40 Å². The number of para-hydroxylation sites is 2. The lowest BCUT2D eigenvalue weighted by Gasteiger charge is -2.06. The maximum atomic E-state index is 2.43. The van der Waals surface area contributed by atoms with Crippen molar-refractivity contribution in [1.29, 1.82) is 0 Å². The van der Waals surface area contributed by atoms with Gasteiger partial charge in [0.1, 0.15) is 0 Å². The minimum Gasteiger partial charge on any atom is -0.308 e. The third-order valence-corrected chi connectivity index (χ3v) is 4.89. The highest BCUT2D eigenvalue weighted by molar-refractivity contribution is 6.23. The lowest BCUT2D eigenvalue weighted by molar-refractivity contribution is 0.870. The molecule has 0 fully saturated rings. The van der Waals surface area contributed by atoms with Crippen LogP contribution >= 0.6 is 0 Å². The normalized spacial score (nSPS) is 12.5. The average molecular weight is 283 g/mol. The summed E-state index contributed by atoms with van der Waals surface area (Å²) in [5, 5.41) is 5.48. The van der Waals surface area contributed by atoms with Gasteiger partial charge in [-0.15, -0.1) is 0 Å². The minimum absolute atomic E-state index is 0.538. The molecule has 5 rings (SSSR count). The Morgan fingerprint density at radius 2 is 1.18 bits per heavy atom. The second kappa shape index (κ2) is 4.01. The van der Waals surface area contributed by atoms with E-state index in [1.807, 2.05) is 0 Å². The summed E-state index contributed by atoms with van der Waals surface area (Å²) in [5.41, 5.74) is 5.41. The van der Waals surface area contributed by atoms with Crippen LogP contribution in [0.3, 0.4) is 0 Å². The highest BCUT2D eigenvalue weighted by Gasteiger charge is 2.18. The van der Waals surface area contributed by atoms with Gasteiger partial charge in [0.25, 0.3) is 0 Å². The molecule has 0 saturated heterocycles. The molecule has 0 spiro atoms.